The maximum Gasteiger partial charge on any atom is 0.374 e. The summed E-state index contributed by atoms with van der Waals surface area (Å²) in [5.74, 6) is -0.299. The van der Waals surface area contributed by atoms with Gasteiger partial charge >= 0.3 is 7.05 Å². The first-order valence-electron chi connectivity index (χ1n) is 14.3. The lowest BCUT2D eigenvalue weighted by molar-refractivity contribution is -0.130. The van der Waals surface area contributed by atoms with Crippen LogP contribution in [0.3, 0.4) is 0 Å². The van der Waals surface area contributed by atoms with Crippen LogP contribution in [0.15, 0.2) is 67.1 Å². The van der Waals surface area contributed by atoms with E-state index < -0.39 is 24.5 Å². The van der Waals surface area contributed by atoms with Gasteiger partial charge in [-0.3, -0.25) is 14.4 Å². The van der Waals surface area contributed by atoms with Gasteiger partial charge in [0.05, 0.1) is 11.9 Å². The van der Waals surface area contributed by atoms with Crippen molar-refractivity contribution >= 4 is 30.6 Å². The molecule has 0 aliphatic rings. The molecule has 0 saturated carbocycles. The highest BCUT2D eigenvalue weighted by Crippen LogP contribution is 2.16. The highest BCUT2D eigenvalue weighted by atomic mass is 16.2. The van der Waals surface area contributed by atoms with Crippen molar-refractivity contribution in [2.45, 2.75) is 70.9 Å². The molecule has 3 rings (SSSR count). The number of carbonyl (C=O) groups is 3. The molecule has 0 saturated heterocycles. The molecule has 2 aromatic carbocycles. The van der Waals surface area contributed by atoms with E-state index in [0.29, 0.717) is 38.0 Å². The molecule has 1 heterocycles. The molecule has 10 nitrogen and oxygen atoms in total. The highest BCUT2D eigenvalue weighted by molar-refractivity contribution is 6.46. The molecule has 1 aromatic heterocycles. The van der Waals surface area contributed by atoms with Crippen molar-refractivity contribution in [3.05, 3.63) is 83.8 Å². The molecular formula is C31H43BN6O4. The lowest BCUT2D eigenvalue weighted by Crippen LogP contribution is -2.60. The Balaban J connectivity index is 1.67. The number of nitrogens with zero attached hydrogens (tertiary/aromatic N) is 3. The maximum absolute atomic E-state index is 13.4. The van der Waals surface area contributed by atoms with Crippen molar-refractivity contribution in [2.24, 2.45) is 0 Å². The average molecular weight is 575 g/mol. The molecule has 0 fully saturated rings. The Morgan fingerprint density at radius 3 is 2.36 bits per heavy atom. The Morgan fingerprint density at radius 2 is 1.69 bits per heavy atom. The molecule has 4 N–H and O–H groups in total. The number of anilines is 1. The van der Waals surface area contributed by atoms with Crippen LogP contribution >= 0.6 is 0 Å². The van der Waals surface area contributed by atoms with E-state index in [9.17, 15) is 19.4 Å². The average Bonchev–Trinajstić information content (AvgIpc) is 3.37. The van der Waals surface area contributed by atoms with Crippen molar-refractivity contribution < 1.29 is 19.4 Å². The molecule has 0 bridgehead atoms. The fourth-order valence-corrected chi connectivity index (χ4v) is 4.69. The summed E-state index contributed by atoms with van der Waals surface area (Å²) in [6, 6.07) is 17.2. The third-order valence-electron chi connectivity index (χ3n) is 7.02. The molecule has 0 spiro atoms. The molecular weight excluding hydrogens is 531 g/mol. The van der Waals surface area contributed by atoms with Gasteiger partial charge in [0, 0.05) is 33.3 Å². The van der Waals surface area contributed by atoms with Crippen molar-refractivity contribution in [1.82, 2.24) is 25.0 Å². The van der Waals surface area contributed by atoms with Crippen LogP contribution in [0, 0.1) is 0 Å². The summed E-state index contributed by atoms with van der Waals surface area (Å²) in [7, 11) is 2.61. The van der Waals surface area contributed by atoms with Crippen molar-refractivity contribution in [1.29, 1.82) is 0 Å². The van der Waals surface area contributed by atoms with Gasteiger partial charge in [0.25, 0.3) is 0 Å². The molecule has 1 unspecified atom stereocenters. The molecule has 3 aromatic rings. The number of imidazole rings is 1. The van der Waals surface area contributed by atoms with E-state index in [2.05, 4.69) is 20.8 Å². The second-order valence-electron chi connectivity index (χ2n) is 11.3. The van der Waals surface area contributed by atoms with Gasteiger partial charge in [-0.2, -0.15) is 0 Å². The third-order valence-corrected chi connectivity index (χ3v) is 7.02. The number of carbonyl (C=O) groups excluding carboxylic acids is 3. The normalized spacial score (nSPS) is 12.0. The smallest absolute Gasteiger partial charge is 0.374 e. The minimum absolute atomic E-state index is 0.0767. The van der Waals surface area contributed by atoms with Crippen molar-refractivity contribution in [3.8, 4) is 0 Å². The molecule has 0 radical (unpaired) electrons. The fourth-order valence-electron chi connectivity index (χ4n) is 4.69. The van der Waals surface area contributed by atoms with Crippen molar-refractivity contribution in [2.75, 3.05) is 19.4 Å². The van der Waals surface area contributed by atoms with E-state index in [1.54, 1.807) is 45.4 Å². The molecule has 42 heavy (non-hydrogen) atoms. The second kappa shape index (κ2) is 15.3. The van der Waals surface area contributed by atoms with Gasteiger partial charge in [0.2, 0.25) is 17.7 Å². The van der Waals surface area contributed by atoms with E-state index in [-0.39, 0.29) is 11.8 Å². The molecule has 224 valence electrons. The van der Waals surface area contributed by atoms with Crippen LogP contribution in [0.25, 0.3) is 0 Å². The highest BCUT2D eigenvalue weighted by Gasteiger charge is 2.33. The lowest BCUT2D eigenvalue weighted by Gasteiger charge is -2.28. The Bertz CT molecular complexity index is 1330. The number of amides is 3. The fraction of sp³-hybridized carbons (Fsp3) is 0.419. The summed E-state index contributed by atoms with van der Waals surface area (Å²) < 4.78 is 1.88. The van der Waals surface area contributed by atoms with Gasteiger partial charge in [0.1, 0.15) is 6.04 Å². The summed E-state index contributed by atoms with van der Waals surface area (Å²) in [5, 5.41) is 18.3. The van der Waals surface area contributed by atoms with Crippen molar-refractivity contribution in [3.63, 3.8) is 0 Å². The number of hydrogen-bond acceptors (Lipinski definition) is 6. The van der Waals surface area contributed by atoms with Crippen LogP contribution in [0.1, 0.15) is 49.8 Å². The first kappa shape index (κ1) is 32.6. The van der Waals surface area contributed by atoms with Gasteiger partial charge < -0.3 is 30.4 Å². The van der Waals surface area contributed by atoms with Crippen LogP contribution in [0.2, 0.25) is 6.82 Å². The number of hydrogen-bond donors (Lipinski definition) is 4. The zero-order valence-corrected chi connectivity index (χ0v) is 25.3. The van der Waals surface area contributed by atoms with E-state index in [0.717, 1.165) is 23.1 Å². The standard InChI is InChI=1S/C31H43BN6O4/c1-31(2,36-32(3)42)30(41)34-26(17-11-14-23-12-7-6-8-13-23)29(40)35-27-21-38(22-33-27)20-25-16-10-9-15-24(25)18-19-28(39)37(4)5/h6-10,12-13,15-16,21-22,26,36,42H,11,14,17-20H2,1-5H3,(H,34,41)(H,35,40). The van der Waals surface area contributed by atoms with Gasteiger partial charge in [-0.1, -0.05) is 54.6 Å². The van der Waals surface area contributed by atoms with E-state index in [1.165, 1.54) is 6.82 Å². The number of rotatable bonds is 15. The zero-order chi connectivity index (χ0) is 30.7. The van der Waals surface area contributed by atoms with Gasteiger partial charge in [-0.25, -0.2) is 4.98 Å². The number of aryl methyl sites for hydroxylation is 2. The third kappa shape index (κ3) is 10.1. The predicted molar refractivity (Wildman–Crippen MR) is 166 cm³/mol. The lowest BCUT2D eigenvalue weighted by atomic mass is 9.83. The van der Waals surface area contributed by atoms with Crippen LogP contribution in [-0.4, -0.2) is 69.9 Å². The predicted octanol–water partition coefficient (Wildman–Crippen LogP) is 2.88. The van der Waals surface area contributed by atoms with Crippen LogP contribution in [0.5, 0.6) is 0 Å². The summed E-state index contributed by atoms with van der Waals surface area (Å²) in [6.07, 6.45) is 6.35. The monoisotopic (exact) mass is 574 g/mol. The number of benzene rings is 2. The minimum Gasteiger partial charge on any atom is -0.437 e. The van der Waals surface area contributed by atoms with Crippen LogP contribution < -0.4 is 15.9 Å². The maximum atomic E-state index is 13.4. The Labute approximate surface area is 249 Å². The number of nitrogens with one attached hydrogen (secondary N) is 3. The number of aromatic nitrogens is 2. The first-order chi connectivity index (χ1) is 19.9. The molecule has 0 aliphatic heterocycles. The zero-order valence-electron chi connectivity index (χ0n) is 25.3. The quantitative estimate of drug-likeness (QED) is 0.207. The second-order valence-corrected chi connectivity index (χ2v) is 11.3. The Hall–Kier alpha value is -3.96. The Morgan fingerprint density at radius 1 is 1.02 bits per heavy atom. The largest absolute Gasteiger partial charge is 0.437 e. The molecule has 3 amide bonds. The van der Waals surface area contributed by atoms with E-state index in [1.807, 2.05) is 59.2 Å². The topological polar surface area (TPSA) is 129 Å². The van der Waals surface area contributed by atoms with Crippen LogP contribution in [0.4, 0.5) is 5.82 Å². The summed E-state index contributed by atoms with van der Waals surface area (Å²) in [5.41, 5.74) is 2.22. The summed E-state index contributed by atoms with van der Waals surface area (Å²) in [6.45, 7) is 5.39. The van der Waals surface area contributed by atoms with E-state index >= 15 is 0 Å². The summed E-state index contributed by atoms with van der Waals surface area (Å²) >= 11 is 0. The van der Waals surface area contributed by atoms with Crippen LogP contribution in [-0.2, 0) is 33.8 Å². The summed E-state index contributed by atoms with van der Waals surface area (Å²) in [4.78, 5) is 44.5. The Kier molecular flexibility index (Phi) is 11.9. The van der Waals surface area contributed by atoms with Gasteiger partial charge in [-0.15, -0.1) is 0 Å². The first-order valence-corrected chi connectivity index (χ1v) is 14.3. The SMILES string of the molecule is CB(O)NC(C)(C)C(=O)NC(CCCc1ccccc1)C(=O)Nc1cn(Cc2ccccc2CCC(=O)N(C)C)cn1. The minimum atomic E-state index is -1.09. The van der Waals surface area contributed by atoms with Gasteiger partial charge in [0.15, 0.2) is 5.82 Å². The van der Waals surface area contributed by atoms with E-state index in [4.69, 9.17) is 0 Å². The molecule has 0 aliphatic carbocycles. The molecule has 1 atom stereocenters. The molecule has 11 heteroatoms. The van der Waals surface area contributed by atoms with Gasteiger partial charge in [-0.05, 0) is 63.0 Å².